The molecule has 0 aliphatic heterocycles. The zero-order valence-corrected chi connectivity index (χ0v) is 21.9. The third kappa shape index (κ3) is 8.82. The first-order valence-electron chi connectivity index (χ1n) is 11.5. The van der Waals surface area contributed by atoms with Gasteiger partial charge in [-0.25, -0.2) is 4.79 Å². The highest BCUT2D eigenvalue weighted by Crippen LogP contribution is 2.32. The summed E-state index contributed by atoms with van der Waals surface area (Å²) in [5.74, 6) is 2.90. The minimum atomic E-state index is -3.41. The van der Waals surface area contributed by atoms with E-state index >= 15 is 0 Å². The quantitative estimate of drug-likeness (QED) is 0.168. The van der Waals surface area contributed by atoms with Crippen LogP contribution in [0.2, 0.25) is 0 Å². The van der Waals surface area contributed by atoms with Gasteiger partial charge in [-0.1, -0.05) is 38.1 Å². The standard InChI is InChI=1S/C28H28BrF2O5/c1-4-33-27(32)18-34-22-12-14-23(15-13-22)35-25-7-5-6-20(16-25)17-26(19(2)3)21-8-10-24(11-9-21)36-28(29,30)31/h5-16,19H,4,17-18H2,1-3H3. The van der Waals surface area contributed by atoms with Crippen molar-refractivity contribution in [2.24, 2.45) is 5.92 Å². The predicted octanol–water partition coefficient (Wildman–Crippen LogP) is 7.57. The van der Waals surface area contributed by atoms with Gasteiger partial charge in [-0.2, -0.15) is 8.78 Å². The number of benzene rings is 3. The second kappa shape index (κ2) is 12.7. The van der Waals surface area contributed by atoms with E-state index in [2.05, 4.69) is 34.5 Å². The van der Waals surface area contributed by atoms with Crippen molar-refractivity contribution in [2.45, 2.75) is 32.2 Å². The summed E-state index contributed by atoms with van der Waals surface area (Å²) in [5.41, 5.74) is 2.01. The van der Waals surface area contributed by atoms with E-state index in [0.29, 0.717) is 30.3 Å². The lowest BCUT2D eigenvalue weighted by Crippen LogP contribution is -2.15. The second-order valence-corrected chi connectivity index (χ2v) is 9.17. The second-order valence-electron chi connectivity index (χ2n) is 8.24. The van der Waals surface area contributed by atoms with E-state index in [0.717, 1.165) is 17.0 Å². The van der Waals surface area contributed by atoms with Crippen LogP contribution in [0.5, 0.6) is 23.0 Å². The van der Waals surface area contributed by atoms with Crippen molar-refractivity contribution >= 4 is 21.9 Å². The molecule has 0 aliphatic rings. The molecule has 0 N–H and O–H groups in total. The van der Waals surface area contributed by atoms with Crippen molar-refractivity contribution in [3.63, 3.8) is 0 Å². The Morgan fingerprint density at radius 3 is 2.17 bits per heavy atom. The summed E-state index contributed by atoms with van der Waals surface area (Å²) in [6, 6.07) is 21.4. The Hall–Kier alpha value is -3.13. The molecule has 0 amide bonds. The minimum Gasteiger partial charge on any atom is -0.482 e. The molecule has 1 radical (unpaired) electrons. The fourth-order valence-corrected chi connectivity index (χ4v) is 3.72. The summed E-state index contributed by atoms with van der Waals surface area (Å²) in [7, 11) is 0. The van der Waals surface area contributed by atoms with Crippen molar-refractivity contribution in [3.8, 4) is 23.0 Å². The van der Waals surface area contributed by atoms with Gasteiger partial charge in [0.25, 0.3) is 0 Å². The maximum absolute atomic E-state index is 13.0. The summed E-state index contributed by atoms with van der Waals surface area (Å²) in [6.07, 6.45) is 0.671. The first kappa shape index (κ1) is 27.5. The first-order chi connectivity index (χ1) is 17.1. The van der Waals surface area contributed by atoms with Crippen LogP contribution < -0.4 is 14.2 Å². The van der Waals surface area contributed by atoms with Crippen LogP contribution in [-0.4, -0.2) is 24.2 Å². The van der Waals surface area contributed by atoms with Crippen LogP contribution in [0.15, 0.2) is 72.8 Å². The van der Waals surface area contributed by atoms with Crippen molar-refractivity contribution in [2.75, 3.05) is 13.2 Å². The molecule has 191 valence electrons. The molecule has 0 heterocycles. The van der Waals surface area contributed by atoms with E-state index < -0.39 is 11.0 Å². The molecule has 0 aliphatic carbocycles. The van der Waals surface area contributed by atoms with Gasteiger partial charge >= 0.3 is 11.0 Å². The molecule has 8 heteroatoms. The average Bonchev–Trinajstić information content (AvgIpc) is 2.82. The minimum absolute atomic E-state index is 0.0800. The maximum atomic E-state index is 13.0. The van der Waals surface area contributed by atoms with Gasteiger partial charge in [-0.3, -0.25) is 0 Å². The molecule has 3 aromatic rings. The van der Waals surface area contributed by atoms with Crippen molar-refractivity contribution < 1.29 is 32.5 Å². The van der Waals surface area contributed by atoms with Gasteiger partial charge < -0.3 is 18.9 Å². The number of ether oxygens (including phenoxy) is 4. The fourth-order valence-electron chi connectivity index (χ4n) is 3.53. The van der Waals surface area contributed by atoms with Crippen LogP contribution in [-0.2, 0) is 16.0 Å². The Morgan fingerprint density at radius 1 is 0.917 bits per heavy atom. The number of alkyl halides is 3. The normalized spacial score (nSPS) is 11.4. The predicted molar refractivity (Wildman–Crippen MR) is 137 cm³/mol. The number of carbonyl (C=O) groups is 1. The SMILES string of the molecule is CCOC(=O)COc1ccc(Oc2cccc(C[C](c3ccc(OC(F)(F)Br)cc3)C(C)C)c2)cc1. The molecule has 0 bridgehead atoms. The van der Waals surface area contributed by atoms with Gasteiger partial charge in [0.1, 0.15) is 23.0 Å². The smallest absolute Gasteiger partial charge is 0.459 e. The van der Waals surface area contributed by atoms with E-state index in [1.165, 1.54) is 12.1 Å². The number of hydrogen-bond acceptors (Lipinski definition) is 5. The third-order valence-corrected chi connectivity index (χ3v) is 5.33. The molecule has 0 unspecified atom stereocenters. The van der Waals surface area contributed by atoms with Crippen LogP contribution in [0.3, 0.4) is 0 Å². The van der Waals surface area contributed by atoms with Crippen LogP contribution in [0.4, 0.5) is 8.78 Å². The van der Waals surface area contributed by atoms with Crippen molar-refractivity contribution in [3.05, 3.63) is 89.8 Å². The highest BCUT2D eigenvalue weighted by atomic mass is 79.9. The van der Waals surface area contributed by atoms with E-state index in [9.17, 15) is 13.6 Å². The lowest BCUT2D eigenvalue weighted by Gasteiger charge is -2.22. The van der Waals surface area contributed by atoms with Gasteiger partial charge in [0.2, 0.25) is 0 Å². The summed E-state index contributed by atoms with van der Waals surface area (Å²) in [6.45, 7) is 6.09. The maximum Gasteiger partial charge on any atom is 0.459 e. The van der Waals surface area contributed by atoms with E-state index in [4.69, 9.17) is 14.2 Å². The molecule has 3 aromatic carbocycles. The Bertz CT molecular complexity index is 1110. The zero-order chi connectivity index (χ0) is 26.1. The molecular weight excluding hydrogens is 534 g/mol. The summed E-state index contributed by atoms with van der Waals surface area (Å²) in [5, 5.41) is -3.41. The van der Waals surface area contributed by atoms with E-state index in [1.54, 1.807) is 43.3 Å². The first-order valence-corrected chi connectivity index (χ1v) is 12.3. The summed E-state index contributed by atoms with van der Waals surface area (Å²) < 4.78 is 46.9. The van der Waals surface area contributed by atoms with Gasteiger partial charge in [0.05, 0.1) is 6.61 Å². The number of esters is 1. The molecule has 0 atom stereocenters. The van der Waals surface area contributed by atoms with Crippen LogP contribution >= 0.6 is 15.9 Å². The molecular formula is C28H28BrF2O5. The number of carbonyl (C=O) groups excluding carboxylic acids is 1. The van der Waals surface area contributed by atoms with Crippen molar-refractivity contribution in [1.29, 1.82) is 0 Å². The summed E-state index contributed by atoms with van der Waals surface area (Å²) in [4.78, 5) is 11.4. The summed E-state index contributed by atoms with van der Waals surface area (Å²) >= 11 is 2.19. The lowest BCUT2D eigenvalue weighted by molar-refractivity contribution is -0.145. The van der Waals surface area contributed by atoms with Crippen molar-refractivity contribution in [1.82, 2.24) is 0 Å². The molecule has 0 spiro atoms. The number of rotatable bonds is 12. The molecule has 0 saturated carbocycles. The molecule has 5 nitrogen and oxygen atoms in total. The van der Waals surface area contributed by atoms with Gasteiger partial charge in [0.15, 0.2) is 6.61 Å². The Labute approximate surface area is 218 Å². The van der Waals surface area contributed by atoms with Gasteiger partial charge in [0, 0.05) is 21.8 Å². The topological polar surface area (TPSA) is 54.0 Å². The fraction of sp³-hybridized carbons (Fsp3) is 0.286. The van der Waals surface area contributed by atoms with Crippen LogP contribution in [0.1, 0.15) is 31.9 Å². The monoisotopic (exact) mass is 561 g/mol. The third-order valence-electron chi connectivity index (χ3n) is 5.17. The Morgan fingerprint density at radius 2 is 1.56 bits per heavy atom. The molecule has 0 aromatic heterocycles. The Balaban J connectivity index is 1.64. The average molecular weight is 562 g/mol. The number of hydrogen-bond donors (Lipinski definition) is 0. The molecule has 36 heavy (non-hydrogen) atoms. The largest absolute Gasteiger partial charge is 0.482 e. The zero-order valence-electron chi connectivity index (χ0n) is 20.3. The van der Waals surface area contributed by atoms with Crippen LogP contribution in [0, 0.1) is 11.8 Å². The molecule has 0 fully saturated rings. The van der Waals surface area contributed by atoms with Crippen LogP contribution in [0.25, 0.3) is 0 Å². The highest BCUT2D eigenvalue weighted by molar-refractivity contribution is 9.09. The lowest BCUT2D eigenvalue weighted by atomic mass is 9.83. The number of halogens is 3. The van der Waals surface area contributed by atoms with E-state index in [1.807, 2.05) is 24.3 Å². The molecule has 3 rings (SSSR count). The molecule has 0 saturated heterocycles. The van der Waals surface area contributed by atoms with Gasteiger partial charge in [-0.05, 0) is 78.9 Å². The highest BCUT2D eigenvalue weighted by Gasteiger charge is 2.26. The van der Waals surface area contributed by atoms with E-state index in [-0.39, 0.29) is 18.3 Å². The Kier molecular flexibility index (Phi) is 9.70. The van der Waals surface area contributed by atoms with Gasteiger partial charge in [-0.15, -0.1) is 0 Å².